The molecule has 0 fully saturated rings. The maximum Gasteiger partial charge on any atom is 0.258 e. The normalized spacial score (nSPS) is 10.6. The van der Waals surface area contributed by atoms with Gasteiger partial charge >= 0.3 is 0 Å². The van der Waals surface area contributed by atoms with Crippen LogP contribution in [0.2, 0.25) is 0 Å². The predicted molar refractivity (Wildman–Crippen MR) is 66.0 cm³/mol. The van der Waals surface area contributed by atoms with Crippen molar-refractivity contribution in [3.63, 3.8) is 0 Å². The Morgan fingerprint density at radius 1 is 1.44 bits per heavy atom. The molecule has 0 aliphatic carbocycles. The molecule has 0 spiro atoms. The van der Waals surface area contributed by atoms with Crippen LogP contribution in [0.15, 0.2) is 23.0 Å². The standard InChI is InChI=1S/C13H13FN2O2/c1-3-9-12(17)15-11(16-13(9)18)10-5-4-8(14)6-7(10)2/h4-6H,3H2,1-2H3,(H2,15,16,17,18). The first-order valence-corrected chi connectivity index (χ1v) is 5.61. The highest BCUT2D eigenvalue weighted by Crippen LogP contribution is 2.22. The van der Waals surface area contributed by atoms with E-state index in [4.69, 9.17) is 0 Å². The molecule has 0 atom stereocenters. The Morgan fingerprint density at radius 3 is 2.72 bits per heavy atom. The van der Waals surface area contributed by atoms with Gasteiger partial charge in [-0.3, -0.25) is 4.79 Å². The van der Waals surface area contributed by atoms with Crippen molar-refractivity contribution in [2.75, 3.05) is 0 Å². The molecule has 94 valence electrons. The van der Waals surface area contributed by atoms with Crippen molar-refractivity contribution < 1.29 is 9.50 Å². The van der Waals surface area contributed by atoms with Crippen LogP contribution < -0.4 is 5.56 Å². The van der Waals surface area contributed by atoms with Crippen molar-refractivity contribution >= 4 is 0 Å². The predicted octanol–water partition coefficient (Wildman–Crippen LogP) is 2.15. The van der Waals surface area contributed by atoms with Crippen LogP contribution in [0.5, 0.6) is 5.88 Å². The lowest BCUT2D eigenvalue weighted by molar-refractivity contribution is 0.444. The Hall–Kier alpha value is -2.17. The molecule has 0 radical (unpaired) electrons. The second kappa shape index (κ2) is 4.60. The first-order chi connectivity index (χ1) is 8.52. The second-order valence-electron chi connectivity index (χ2n) is 4.03. The van der Waals surface area contributed by atoms with Crippen molar-refractivity contribution in [1.29, 1.82) is 0 Å². The number of nitrogens with zero attached hydrogens (tertiary/aromatic N) is 1. The van der Waals surface area contributed by atoms with E-state index in [0.717, 1.165) is 0 Å². The molecule has 0 amide bonds. The van der Waals surface area contributed by atoms with Gasteiger partial charge in [-0.25, -0.2) is 4.39 Å². The van der Waals surface area contributed by atoms with Gasteiger partial charge in [0.15, 0.2) is 0 Å². The van der Waals surface area contributed by atoms with Gasteiger partial charge in [-0.2, -0.15) is 4.98 Å². The summed E-state index contributed by atoms with van der Waals surface area (Å²) in [4.78, 5) is 18.3. The number of nitrogens with one attached hydrogen (secondary N) is 1. The molecule has 0 aliphatic heterocycles. The molecule has 5 heteroatoms. The third kappa shape index (κ3) is 2.11. The molecule has 1 aromatic heterocycles. The number of aromatic hydroxyl groups is 1. The SMILES string of the molecule is CCc1c(O)nc(-c2ccc(F)cc2C)[nH]c1=O. The van der Waals surface area contributed by atoms with Gasteiger partial charge < -0.3 is 10.1 Å². The number of benzene rings is 1. The van der Waals surface area contributed by atoms with Gasteiger partial charge in [0.1, 0.15) is 11.6 Å². The lowest BCUT2D eigenvalue weighted by atomic mass is 10.1. The van der Waals surface area contributed by atoms with E-state index in [-0.39, 0.29) is 28.6 Å². The van der Waals surface area contributed by atoms with Gasteiger partial charge in [0.25, 0.3) is 5.56 Å². The molecule has 1 heterocycles. The Labute approximate surface area is 103 Å². The van der Waals surface area contributed by atoms with Gasteiger partial charge in [0.05, 0.1) is 5.56 Å². The van der Waals surface area contributed by atoms with Gasteiger partial charge in [-0.1, -0.05) is 6.92 Å². The topological polar surface area (TPSA) is 66.0 Å². The lowest BCUT2D eigenvalue weighted by Gasteiger charge is -2.07. The molecule has 1 aromatic carbocycles. The molecule has 0 bridgehead atoms. The van der Waals surface area contributed by atoms with E-state index in [1.54, 1.807) is 13.8 Å². The number of hydrogen-bond donors (Lipinski definition) is 2. The largest absolute Gasteiger partial charge is 0.493 e. The van der Waals surface area contributed by atoms with Crippen LogP contribution in [0.25, 0.3) is 11.4 Å². The summed E-state index contributed by atoms with van der Waals surface area (Å²) in [6.07, 6.45) is 0.400. The van der Waals surface area contributed by atoms with E-state index in [1.807, 2.05) is 0 Å². The molecule has 0 unspecified atom stereocenters. The van der Waals surface area contributed by atoms with Gasteiger partial charge in [0.2, 0.25) is 5.88 Å². The lowest BCUT2D eigenvalue weighted by Crippen LogP contribution is -2.14. The highest BCUT2D eigenvalue weighted by Gasteiger charge is 2.11. The van der Waals surface area contributed by atoms with Crippen molar-refractivity contribution in [2.45, 2.75) is 20.3 Å². The van der Waals surface area contributed by atoms with Crippen LogP contribution in [0.3, 0.4) is 0 Å². The summed E-state index contributed by atoms with van der Waals surface area (Å²) in [5.74, 6) is -0.389. The van der Waals surface area contributed by atoms with E-state index < -0.39 is 0 Å². The number of hydrogen-bond acceptors (Lipinski definition) is 3. The molecule has 0 aliphatic rings. The summed E-state index contributed by atoms with van der Waals surface area (Å²) in [6, 6.07) is 4.15. The third-order valence-corrected chi connectivity index (χ3v) is 2.79. The molecule has 0 saturated heterocycles. The number of halogens is 1. The fourth-order valence-electron chi connectivity index (χ4n) is 1.82. The molecule has 18 heavy (non-hydrogen) atoms. The Balaban J connectivity index is 2.62. The van der Waals surface area contributed by atoms with Crippen LogP contribution in [0, 0.1) is 12.7 Å². The summed E-state index contributed by atoms with van der Waals surface area (Å²) >= 11 is 0. The van der Waals surface area contributed by atoms with E-state index in [1.165, 1.54) is 18.2 Å². The maximum atomic E-state index is 13.0. The molecule has 2 N–H and O–H groups in total. The maximum absolute atomic E-state index is 13.0. The average molecular weight is 248 g/mol. The van der Waals surface area contributed by atoms with Crippen molar-refractivity contribution in [1.82, 2.24) is 9.97 Å². The molecular formula is C13H13FN2O2. The number of aryl methyl sites for hydroxylation is 1. The van der Waals surface area contributed by atoms with E-state index >= 15 is 0 Å². The van der Waals surface area contributed by atoms with E-state index in [9.17, 15) is 14.3 Å². The average Bonchev–Trinajstić information content (AvgIpc) is 2.28. The number of aromatic nitrogens is 2. The zero-order valence-corrected chi connectivity index (χ0v) is 10.1. The minimum atomic E-state index is -0.372. The number of H-pyrrole nitrogens is 1. The minimum absolute atomic E-state index is 0.243. The number of aromatic amines is 1. The van der Waals surface area contributed by atoms with Gasteiger partial charge in [-0.15, -0.1) is 0 Å². The first kappa shape index (κ1) is 12.3. The smallest absolute Gasteiger partial charge is 0.258 e. The summed E-state index contributed by atoms with van der Waals surface area (Å²) < 4.78 is 13.0. The fraction of sp³-hybridized carbons (Fsp3) is 0.231. The first-order valence-electron chi connectivity index (χ1n) is 5.61. The Morgan fingerprint density at radius 2 is 2.17 bits per heavy atom. The zero-order chi connectivity index (χ0) is 13.3. The van der Waals surface area contributed by atoms with Crippen molar-refractivity contribution in [3.8, 4) is 17.3 Å². The van der Waals surface area contributed by atoms with E-state index in [2.05, 4.69) is 9.97 Å². The molecule has 4 nitrogen and oxygen atoms in total. The molecule has 2 rings (SSSR count). The highest BCUT2D eigenvalue weighted by atomic mass is 19.1. The Bertz CT molecular complexity index is 650. The summed E-state index contributed by atoms with van der Waals surface area (Å²) in [5.41, 5.74) is 1.11. The summed E-state index contributed by atoms with van der Waals surface area (Å²) in [5, 5.41) is 9.67. The molecule has 0 saturated carbocycles. The van der Waals surface area contributed by atoms with Crippen LogP contribution in [-0.4, -0.2) is 15.1 Å². The fourth-order valence-corrected chi connectivity index (χ4v) is 1.82. The van der Waals surface area contributed by atoms with Crippen molar-refractivity contribution in [3.05, 3.63) is 45.5 Å². The van der Waals surface area contributed by atoms with Crippen LogP contribution in [-0.2, 0) is 6.42 Å². The van der Waals surface area contributed by atoms with Gasteiger partial charge in [-0.05, 0) is 37.1 Å². The quantitative estimate of drug-likeness (QED) is 0.855. The zero-order valence-electron chi connectivity index (χ0n) is 10.1. The van der Waals surface area contributed by atoms with Crippen LogP contribution in [0.1, 0.15) is 18.1 Å². The highest BCUT2D eigenvalue weighted by molar-refractivity contribution is 5.60. The van der Waals surface area contributed by atoms with Crippen LogP contribution in [0.4, 0.5) is 4.39 Å². The monoisotopic (exact) mass is 248 g/mol. The molecule has 2 aromatic rings. The van der Waals surface area contributed by atoms with Gasteiger partial charge in [0, 0.05) is 5.56 Å². The third-order valence-electron chi connectivity index (χ3n) is 2.79. The van der Waals surface area contributed by atoms with E-state index in [0.29, 0.717) is 17.5 Å². The number of rotatable bonds is 2. The Kier molecular flexibility index (Phi) is 3.14. The summed E-state index contributed by atoms with van der Waals surface area (Å²) in [6.45, 7) is 3.47. The van der Waals surface area contributed by atoms with Crippen LogP contribution >= 0.6 is 0 Å². The molecular weight excluding hydrogens is 235 g/mol. The van der Waals surface area contributed by atoms with Crippen molar-refractivity contribution in [2.24, 2.45) is 0 Å². The summed E-state index contributed by atoms with van der Waals surface area (Å²) in [7, 11) is 0. The second-order valence-corrected chi connectivity index (χ2v) is 4.03. The minimum Gasteiger partial charge on any atom is -0.493 e.